The fourth-order valence-electron chi connectivity index (χ4n) is 3.04. The van der Waals surface area contributed by atoms with Crippen molar-refractivity contribution in [2.45, 2.75) is 31.6 Å². The lowest BCUT2D eigenvalue weighted by Gasteiger charge is -2.14. The zero-order valence-electron chi connectivity index (χ0n) is 17.6. The van der Waals surface area contributed by atoms with E-state index in [0.29, 0.717) is 29.8 Å². The summed E-state index contributed by atoms with van der Waals surface area (Å²) >= 11 is 4.80. The maximum Gasteiger partial charge on any atom is 0.224 e. The Morgan fingerprint density at radius 2 is 1.97 bits per heavy atom. The maximum absolute atomic E-state index is 12.3. The van der Waals surface area contributed by atoms with Gasteiger partial charge < -0.3 is 16.3 Å². The van der Waals surface area contributed by atoms with E-state index in [1.807, 2.05) is 0 Å². The minimum Gasteiger partial charge on any atom is -0.595 e. The van der Waals surface area contributed by atoms with Crippen LogP contribution in [0.15, 0.2) is 53.6 Å². The van der Waals surface area contributed by atoms with Gasteiger partial charge in [-0.3, -0.25) is 10.2 Å². The van der Waals surface area contributed by atoms with Crippen molar-refractivity contribution < 1.29 is 15.2 Å². The second-order valence-electron chi connectivity index (χ2n) is 7.01. The minimum absolute atomic E-state index is 0.0513. The van der Waals surface area contributed by atoms with Crippen LogP contribution in [0.3, 0.4) is 0 Å². The molecule has 0 saturated heterocycles. The number of nitriles is 2. The number of quaternary nitrogens is 1. The van der Waals surface area contributed by atoms with Crippen LogP contribution < -0.4 is 21.7 Å². The largest absolute Gasteiger partial charge is 0.595 e. The average Bonchev–Trinajstić information content (AvgIpc) is 2.78. The number of amides is 1. The van der Waals surface area contributed by atoms with E-state index in [1.165, 1.54) is 12.1 Å². The molecule has 0 aliphatic heterocycles. The van der Waals surface area contributed by atoms with Crippen LogP contribution in [0, 0.1) is 27.9 Å². The highest BCUT2D eigenvalue weighted by Gasteiger charge is 2.19. The first-order valence-electron chi connectivity index (χ1n) is 9.94. The van der Waals surface area contributed by atoms with Crippen LogP contribution in [0.25, 0.3) is 0 Å². The molecular formula is C22H23N7O3S. The summed E-state index contributed by atoms with van der Waals surface area (Å²) in [5.41, 5.74) is 10.4. The van der Waals surface area contributed by atoms with Crippen molar-refractivity contribution >= 4 is 40.3 Å². The van der Waals surface area contributed by atoms with Crippen LogP contribution in [0.2, 0.25) is 0 Å². The highest BCUT2D eigenvalue weighted by atomic mass is 32.1. The van der Waals surface area contributed by atoms with Crippen molar-refractivity contribution in [2.24, 2.45) is 10.8 Å². The van der Waals surface area contributed by atoms with E-state index in [1.54, 1.807) is 36.4 Å². The van der Waals surface area contributed by atoms with Crippen LogP contribution in [0.5, 0.6) is 0 Å². The van der Waals surface area contributed by atoms with Gasteiger partial charge in [0.2, 0.25) is 5.91 Å². The van der Waals surface area contributed by atoms with Gasteiger partial charge >= 0.3 is 0 Å². The molecule has 0 fully saturated rings. The fraction of sp³-hybridized carbons (Fsp3) is 0.227. The van der Waals surface area contributed by atoms with Crippen molar-refractivity contribution in [1.82, 2.24) is 5.43 Å². The number of nitrogens with zero attached hydrogens (tertiary/aromatic N) is 3. The molecular weight excluding hydrogens is 442 g/mol. The van der Waals surface area contributed by atoms with E-state index in [9.17, 15) is 15.3 Å². The molecule has 0 radical (unpaired) electrons. The molecule has 2 aromatic carbocycles. The summed E-state index contributed by atoms with van der Waals surface area (Å²) in [6.07, 6.45) is 1.10. The molecule has 6 N–H and O–H groups in total. The summed E-state index contributed by atoms with van der Waals surface area (Å²) < 4.78 is 0. The van der Waals surface area contributed by atoms with Gasteiger partial charge in [0.1, 0.15) is 5.92 Å². The summed E-state index contributed by atoms with van der Waals surface area (Å²) in [6, 6.07) is 17.3. The van der Waals surface area contributed by atoms with Crippen molar-refractivity contribution in [3.8, 4) is 12.1 Å². The number of benzene rings is 2. The molecule has 0 bridgehead atoms. The second-order valence-corrected chi connectivity index (χ2v) is 7.45. The minimum atomic E-state index is -1.08. The molecule has 0 aromatic heterocycles. The van der Waals surface area contributed by atoms with Crippen LogP contribution in [-0.4, -0.2) is 21.9 Å². The van der Waals surface area contributed by atoms with Gasteiger partial charge in [-0.15, -0.1) is 0 Å². The standard InChI is InChI=1S/C22H23N7O3S/c23-12-11-15-7-9-16(10-8-15)19(14-24)20(27-28-22(25)33)5-2-6-21(30)26-17-3-1-4-18(13-17)29(31)32/h1,3-4,7-10,13,19,29,31H,2,5-6,11H2,(H,26,30)(H3,25,28,33)/b27-20+. The summed E-state index contributed by atoms with van der Waals surface area (Å²) in [7, 11) is 0. The Morgan fingerprint density at radius 3 is 2.58 bits per heavy atom. The van der Waals surface area contributed by atoms with Crippen LogP contribution in [0.4, 0.5) is 11.4 Å². The van der Waals surface area contributed by atoms with Crippen molar-refractivity contribution in [3.05, 3.63) is 64.9 Å². The van der Waals surface area contributed by atoms with Gasteiger partial charge in [0.25, 0.3) is 0 Å². The number of nitrogens with two attached hydrogens (primary N) is 1. The van der Waals surface area contributed by atoms with Gasteiger partial charge in [-0.1, -0.05) is 30.3 Å². The lowest BCUT2D eigenvalue weighted by Crippen LogP contribution is -2.99. The third-order valence-electron chi connectivity index (χ3n) is 4.60. The molecule has 0 aliphatic carbocycles. The van der Waals surface area contributed by atoms with E-state index in [-0.39, 0.29) is 29.5 Å². The normalized spacial score (nSPS) is 12.7. The van der Waals surface area contributed by atoms with Gasteiger partial charge in [0, 0.05) is 24.2 Å². The SMILES string of the molecule is N#CCc1ccc(C(C#N)/C(CCCC(=O)Nc2cccc([NH+]([O-])O)c2)=N/NC(N)=S)cc1. The quantitative estimate of drug-likeness (QED) is 0.200. The van der Waals surface area contributed by atoms with Crippen molar-refractivity contribution in [1.29, 1.82) is 10.5 Å². The number of nitrogens with one attached hydrogen (secondary N) is 3. The van der Waals surface area contributed by atoms with E-state index in [2.05, 4.69) is 28.0 Å². The molecule has 0 spiro atoms. The first-order chi connectivity index (χ1) is 15.8. The molecule has 1 amide bonds. The summed E-state index contributed by atoms with van der Waals surface area (Å²) in [5, 5.41) is 44.4. The Kier molecular flexibility index (Phi) is 9.89. The molecule has 2 unspecified atom stereocenters. The molecule has 10 nitrogen and oxygen atoms in total. The highest BCUT2D eigenvalue weighted by molar-refractivity contribution is 7.80. The van der Waals surface area contributed by atoms with Crippen LogP contribution in [0.1, 0.15) is 36.3 Å². The van der Waals surface area contributed by atoms with Gasteiger partial charge in [0.15, 0.2) is 10.8 Å². The molecule has 11 heteroatoms. The van der Waals surface area contributed by atoms with E-state index >= 15 is 0 Å². The molecule has 33 heavy (non-hydrogen) atoms. The topological polar surface area (TPSA) is 175 Å². The Hall–Kier alpha value is -3.87. The number of hydrazone groups is 1. The molecule has 0 heterocycles. The second kappa shape index (κ2) is 12.9. The van der Waals surface area contributed by atoms with Crippen molar-refractivity contribution in [2.75, 3.05) is 5.32 Å². The third-order valence-corrected chi connectivity index (χ3v) is 4.69. The smallest absolute Gasteiger partial charge is 0.224 e. The lowest BCUT2D eigenvalue weighted by atomic mass is 9.91. The number of hydrogen-bond acceptors (Lipinski definition) is 7. The van der Waals surface area contributed by atoms with Crippen LogP contribution in [-0.2, 0) is 11.2 Å². The monoisotopic (exact) mass is 465 g/mol. The molecule has 2 aromatic rings. The summed E-state index contributed by atoms with van der Waals surface area (Å²) in [6.45, 7) is 0. The molecule has 170 valence electrons. The molecule has 2 rings (SSSR count). The molecule has 2 atom stereocenters. The number of hydrogen-bond donors (Lipinski definition) is 5. The van der Waals surface area contributed by atoms with E-state index in [4.69, 9.17) is 28.4 Å². The van der Waals surface area contributed by atoms with E-state index < -0.39 is 11.1 Å². The Balaban J connectivity index is 2.05. The number of carbonyl (C=O) groups is 1. The van der Waals surface area contributed by atoms with E-state index in [0.717, 1.165) is 5.56 Å². The summed E-state index contributed by atoms with van der Waals surface area (Å²) in [4.78, 5) is 12.3. The summed E-state index contributed by atoms with van der Waals surface area (Å²) in [5.74, 6) is -0.994. The number of thiocarbonyl (C=S) groups is 1. The number of carbonyl (C=O) groups excluding carboxylic acids is 1. The molecule has 0 aliphatic rings. The third kappa shape index (κ3) is 8.29. The predicted molar refractivity (Wildman–Crippen MR) is 126 cm³/mol. The Bertz CT molecular complexity index is 1090. The lowest BCUT2D eigenvalue weighted by molar-refractivity contribution is -0.991. The van der Waals surface area contributed by atoms with Crippen LogP contribution >= 0.6 is 12.2 Å². The first-order valence-corrected chi connectivity index (χ1v) is 10.4. The Labute approximate surface area is 196 Å². The number of anilines is 1. The van der Waals surface area contributed by atoms with Gasteiger partial charge in [-0.2, -0.15) is 20.9 Å². The fourth-order valence-corrected chi connectivity index (χ4v) is 3.08. The number of rotatable bonds is 10. The zero-order valence-corrected chi connectivity index (χ0v) is 18.4. The maximum atomic E-state index is 12.3. The Morgan fingerprint density at radius 1 is 1.24 bits per heavy atom. The van der Waals surface area contributed by atoms with Crippen molar-refractivity contribution in [3.63, 3.8) is 0 Å². The predicted octanol–water partition coefficient (Wildman–Crippen LogP) is 1.76. The zero-order chi connectivity index (χ0) is 24.2. The first kappa shape index (κ1) is 25.4. The average molecular weight is 466 g/mol. The van der Waals surface area contributed by atoms with Gasteiger partial charge in [-0.05, 0) is 42.3 Å². The van der Waals surface area contributed by atoms with Gasteiger partial charge in [0.05, 0.1) is 24.3 Å². The highest BCUT2D eigenvalue weighted by Crippen LogP contribution is 2.21. The van der Waals surface area contributed by atoms with Gasteiger partial charge in [-0.25, -0.2) is 5.21 Å². The molecule has 0 saturated carbocycles.